The van der Waals surface area contributed by atoms with Crippen molar-refractivity contribution in [3.05, 3.63) is 0 Å². The fourth-order valence-electron chi connectivity index (χ4n) is 1.49. The Balaban J connectivity index is 3.58. The molecule has 0 fully saturated rings. The number of hydrogen-bond donors (Lipinski definition) is 1. The zero-order valence-electron chi connectivity index (χ0n) is 9.62. The molecule has 0 aliphatic rings. The summed E-state index contributed by atoms with van der Waals surface area (Å²) in [6.07, 6.45) is 7.26. The van der Waals surface area contributed by atoms with Gasteiger partial charge in [0, 0.05) is 11.2 Å². The molecular weight excluding hydrogens is 235 g/mol. The standard InChI is InChI=1S/C10H22ClO3P/c1-3-5-6-7-8-9-10(4-2)14-15(11,12)13/h10H,3-9H2,1-2H3,(H,12,13). The molecule has 2 unspecified atom stereocenters. The molecule has 0 saturated carbocycles. The van der Waals surface area contributed by atoms with Crippen molar-refractivity contribution in [3.63, 3.8) is 0 Å². The van der Waals surface area contributed by atoms with Crippen molar-refractivity contribution in [2.45, 2.75) is 64.9 Å². The first-order valence-electron chi connectivity index (χ1n) is 5.70. The minimum absolute atomic E-state index is 0.181. The Kier molecular flexibility index (Phi) is 8.83. The highest BCUT2D eigenvalue weighted by Crippen LogP contribution is 2.49. The SMILES string of the molecule is CCCCCCCC(CC)OP(=O)(O)Cl. The highest BCUT2D eigenvalue weighted by Gasteiger charge is 2.20. The molecule has 0 rings (SSSR count). The van der Waals surface area contributed by atoms with E-state index >= 15 is 0 Å². The van der Waals surface area contributed by atoms with Crippen LogP contribution in [0.25, 0.3) is 0 Å². The second-order valence-corrected chi connectivity index (χ2v) is 6.19. The summed E-state index contributed by atoms with van der Waals surface area (Å²) in [5.41, 5.74) is 0. The van der Waals surface area contributed by atoms with Gasteiger partial charge in [0.2, 0.25) is 0 Å². The molecule has 0 bridgehead atoms. The van der Waals surface area contributed by atoms with Crippen LogP contribution in [0.5, 0.6) is 0 Å². The van der Waals surface area contributed by atoms with Gasteiger partial charge in [0.15, 0.2) is 0 Å². The Hall–Kier alpha value is 0.440. The van der Waals surface area contributed by atoms with Gasteiger partial charge in [0.05, 0.1) is 6.10 Å². The summed E-state index contributed by atoms with van der Waals surface area (Å²) in [6.45, 7) is 0.280. The van der Waals surface area contributed by atoms with E-state index in [9.17, 15) is 4.57 Å². The Morgan fingerprint density at radius 1 is 1.27 bits per heavy atom. The maximum Gasteiger partial charge on any atom is 0.421 e. The number of halogens is 1. The molecule has 3 nitrogen and oxygen atoms in total. The normalized spacial score (nSPS) is 17.3. The molecule has 1 N–H and O–H groups in total. The third-order valence-electron chi connectivity index (χ3n) is 2.36. The van der Waals surface area contributed by atoms with Gasteiger partial charge < -0.3 is 4.89 Å². The first-order chi connectivity index (χ1) is 6.99. The van der Waals surface area contributed by atoms with E-state index < -0.39 is 6.95 Å². The van der Waals surface area contributed by atoms with E-state index in [2.05, 4.69) is 6.92 Å². The Morgan fingerprint density at radius 3 is 2.33 bits per heavy atom. The molecule has 0 spiro atoms. The summed E-state index contributed by atoms with van der Waals surface area (Å²) in [5, 5.41) is 0. The van der Waals surface area contributed by atoms with Gasteiger partial charge in [-0.2, -0.15) is 0 Å². The van der Waals surface area contributed by atoms with Crippen LogP contribution in [0.2, 0.25) is 0 Å². The van der Waals surface area contributed by atoms with E-state index in [-0.39, 0.29) is 6.10 Å². The maximum atomic E-state index is 10.8. The molecule has 15 heavy (non-hydrogen) atoms. The number of unbranched alkanes of at least 4 members (excludes halogenated alkanes) is 4. The van der Waals surface area contributed by atoms with Crippen molar-refractivity contribution < 1.29 is 14.0 Å². The van der Waals surface area contributed by atoms with E-state index in [1.807, 2.05) is 6.92 Å². The minimum Gasteiger partial charge on any atom is -0.313 e. The molecule has 0 aliphatic heterocycles. The van der Waals surface area contributed by atoms with Crippen molar-refractivity contribution in [2.24, 2.45) is 0 Å². The molecule has 0 aromatic carbocycles. The highest BCUT2D eigenvalue weighted by atomic mass is 35.7. The van der Waals surface area contributed by atoms with Crippen LogP contribution in [0.3, 0.4) is 0 Å². The van der Waals surface area contributed by atoms with E-state index in [4.69, 9.17) is 20.7 Å². The quantitative estimate of drug-likeness (QED) is 0.489. The summed E-state index contributed by atoms with van der Waals surface area (Å²) in [6, 6.07) is 0. The average Bonchev–Trinajstić information content (AvgIpc) is 2.14. The molecule has 0 saturated heterocycles. The molecule has 0 radical (unpaired) electrons. The third kappa shape index (κ3) is 10.7. The van der Waals surface area contributed by atoms with Gasteiger partial charge in [0.25, 0.3) is 0 Å². The Labute approximate surface area is 97.5 Å². The second kappa shape index (κ2) is 8.58. The molecule has 0 heterocycles. The van der Waals surface area contributed by atoms with Crippen LogP contribution in [-0.2, 0) is 9.09 Å². The fraction of sp³-hybridized carbons (Fsp3) is 1.00. The largest absolute Gasteiger partial charge is 0.421 e. The predicted octanol–water partition coefficient (Wildman–Crippen LogP) is 4.48. The van der Waals surface area contributed by atoms with Crippen molar-refractivity contribution >= 4 is 18.2 Å². The molecule has 92 valence electrons. The molecule has 0 aromatic rings. The lowest BCUT2D eigenvalue weighted by Gasteiger charge is -2.15. The molecule has 0 aromatic heterocycles. The van der Waals surface area contributed by atoms with E-state index in [1.165, 1.54) is 19.3 Å². The lowest BCUT2D eigenvalue weighted by molar-refractivity contribution is 0.166. The van der Waals surface area contributed by atoms with Crippen LogP contribution < -0.4 is 0 Å². The van der Waals surface area contributed by atoms with E-state index in [0.29, 0.717) is 0 Å². The first-order valence-corrected chi connectivity index (χ1v) is 8.18. The maximum absolute atomic E-state index is 10.8. The first kappa shape index (κ1) is 15.4. The van der Waals surface area contributed by atoms with Gasteiger partial charge in [0.1, 0.15) is 0 Å². The van der Waals surface area contributed by atoms with Crippen molar-refractivity contribution in [1.29, 1.82) is 0 Å². The van der Waals surface area contributed by atoms with E-state index in [0.717, 1.165) is 25.7 Å². The van der Waals surface area contributed by atoms with Crippen LogP contribution in [0.15, 0.2) is 0 Å². The Morgan fingerprint density at radius 2 is 1.87 bits per heavy atom. The van der Waals surface area contributed by atoms with Gasteiger partial charge in [-0.05, 0) is 12.8 Å². The van der Waals surface area contributed by atoms with Gasteiger partial charge in [-0.25, -0.2) is 4.57 Å². The van der Waals surface area contributed by atoms with Crippen molar-refractivity contribution in [2.75, 3.05) is 0 Å². The predicted molar refractivity (Wildman–Crippen MR) is 64.2 cm³/mol. The second-order valence-electron chi connectivity index (χ2n) is 3.79. The fourth-order valence-corrected chi connectivity index (χ4v) is 2.45. The van der Waals surface area contributed by atoms with Crippen LogP contribution in [-0.4, -0.2) is 11.0 Å². The number of hydrogen-bond acceptors (Lipinski definition) is 2. The van der Waals surface area contributed by atoms with Crippen LogP contribution in [0, 0.1) is 0 Å². The van der Waals surface area contributed by atoms with Crippen LogP contribution >= 0.6 is 18.2 Å². The summed E-state index contributed by atoms with van der Waals surface area (Å²) >= 11 is 5.16. The Bertz CT molecular complexity index is 193. The van der Waals surface area contributed by atoms with Gasteiger partial charge in [-0.1, -0.05) is 46.0 Å². The van der Waals surface area contributed by atoms with Gasteiger partial charge in [-0.3, -0.25) is 4.52 Å². The zero-order chi connectivity index (χ0) is 11.7. The van der Waals surface area contributed by atoms with Crippen LogP contribution in [0.4, 0.5) is 0 Å². The summed E-state index contributed by atoms with van der Waals surface area (Å²) in [5.74, 6) is 0. The van der Waals surface area contributed by atoms with Crippen LogP contribution in [0.1, 0.15) is 58.8 Å². The van der Waals surface area contributed by atoms with Crippen molar-refractivity contribution in [3.8, 4) is 0 Å². The third-order valence-corrected chi connectivity index (χ3v) is 3.16. The molecule has 5 heteroatoms. The summed E-state index contributed by atoms with van der Waals surface area (Å²) in [7, 11) is 0. The van der Waals surface area contributed by atoms with E-state index in [1.54, 1.807) is 0 Å². The zero-order valence-corrected chi connectivity index (χ0v) is 11.3. The minimum atomic E-state index is -3.83. The highest BCUT2D eigenvalue weighted by molar-refractivity contribution is 7.80. The average molecular weight is 257 g/mol. The lowest BCUT2D eigenvalue weighted by Crippen LogP contribution is -2.08. The molecule has 0 amide bonds. The summed E-state index contributed by atoms with van der Waals surface area (Å²) < 4.78 is 15.7. The smallest absolute Gasteiger partial charge is 0.313 e. The lowest BCUT2D eigenvalue weighted by atomic mass is 10.1. The monoisotopic (exact) mass is 256 g/mol. The van der Waals surface area contributed by atoms with Gasteiger partial charge in [-0.15, -0.1) is 0 Å². The van der Waals surface area contributed by atoms with Gasteiger partial charge >= 0.3 is 6.95 Å². The molecule has 2 atom stereocenters. The molecule has 0 aliphatic carbocycles. The molecular formula is C10H22ClO3P. The summed E-state index contributed by atoms with van der Waals surface area (Å²) in [4.78, 5) is 8.86. The number of rotatable bonds is 9. The van der Waals surface area contributed by atoms with Crippen molar-refractivity contribution in [1.82, 2.24) is 0 Å². The topological polar surface area (TPSA) is 46.5 Å².